The smallest absolute Gasteiger partial charge is 0.307 e. The molecule has 0 bridgehead atoms. The van der Waals surface area contributed by atoms with Gasteiger partial charge in [-0.25, -0.2) is 0 Å². The first-order chi connectivity index (χ1) is 13.5. The van der Waals surface area contributed by atoms with Crippen molar-refractivity contribution in [3.63, 3.8) is 0 Å². The molecule has 28 heavy (non-hydrogen) atoms. The average molecular weight is 399 g/mol. The Labute approximate surface area is 171 Å². The summed E-state index contributed by atoms with van der Waals surface area (Å²) in [5, 5.41) is 8.72. The second kappa shape index (κ2) is 18.9. The van der Waals surface area contributed by atoms with Crippen LogP contribution < -0.4 is 0 Å². The lowest BCUT2D eigenvalue weighted by atomic mass is 10.0. The molecule has 1 atom stereocenters. The van der Waals surface area contributed by atoms with E-state index in [9.17, 15) is 14.4 Å². The molecule has 0 radical (unpaired) electrons. The van der Waals surface area contributed by atoms with Crippen LogP contribution in [-0.2, 0) is 19.1 Å². The molecule has 0 aromatic rings. The lowest BCUT2D eigenvalue weighted by Gasteiger charge is -2.12. The minimum atomic E-state index is -1.15. The lowest BCUT2D eigenvalue weighted by molar-refractivity contribution is -0.158. The number of unbranched alkanes of at least 4 members (excludes halogenated alkanes) is 14. The second-order valence-corrected chi connectivity index (χ2v) is 7.89. The van der Waals surface area contributed by atoms with Gasteiger partial charge in [0.1, 0.15) is 0 Å². The van der Waals surface area contributed by atoms with E-state index in [1.54, 1.807) is 0 Å². The predicted molar refractivity (Wildman–Crippen MR) is 112 cm³/mol. The van der Waals surface area contributed by atoms with Gasteiger partial charge in [-0.3, -0.25) is 14.4 Å². The molecule has 0 fully saturated rings. The molecule has 5 heteroatoms. The molecular weight excluding hydrogens is 356 g/mol. The van der Waals surface area contributed by atoms with E-state index in [1.165, 1.54) is 84.0 Å². The van der Waals surface area contributed by atoms with Gasteiger partial charge in [0.15, 0.2) is 11.9 Å². The number of Topliss-reactive ketones (excluding diaryl/α,β-unsaturated/α-hetero) is 1. The van der Waals surface area contributed by atoms with Crippen molar-refractivity contribution in [2.45, 2.75) is 129 Å². The van der Waals surface area contributed by atoms with Gasteiger partial charge >= 0.3 is 11.9 Å². The number of hydrogen-bond donors (Lipinski definition) is 1. The van der Waals surface area contributed by atoms with Crippen molar-refractivity contribution >= 4 is 17.7 Å². The third kappa shape index (κ3) is 18.0. The first-order valence-corrected chi connectivity index (χ1v) is 11.4. The SMILES string of the molecule is CCCCCCCCCCCCCCCCCC(=O)O[C@@H](CC(=O)O)C(C)=O. The quantitative estimate of drug-likeness (QED) is 0.194. The number of carbonyl (C=O) groups is 3. The van der Waals surface area contributed by atoms with Gasteiger partial charge in [-0.05, 0) is 13.3 Å². The zero-order valence-corrected chi connectivity index (χ0v) is 18.2. The Morgan fingerprint density at radius 3 is 1.46 bits per heavy atom. The summed E-state index contributed by atoms with van der Waals surface area (Å²) in [6.07, 6.45) is 17.5. The van der Waals surface area contributed by atoms with E-state index in [0.29, 0.717) is 0 Å². The van der Waals surface area contributed by atoms with Gasteiger partial charge in [-0.15, -0.1) is 0 Å². The molecule has 0 saturated heterocycles. The van der Waals surface area contributed by atoms with Gasteiger partial charge in [-0.1, -0.05) is 96.8 Å². The van der Waals surface area contributed by atoms with E-state index in [1.807, 2.05) is 0 Å². The van der Waals surface area contributed by atoms with Crippen LogP contribution in [0.25, 0.3) is 0 Å². The molecule has 0 aliphatic rings. The van der Waals surface area contributed by atoms with E-state index in [2.05, 4.69) is 6.92 Å². The van der Waals surface area contributed by atoms with Gasteiger partial charge in [0.25, 0.3) is 0 Å². The normalized spacial score (nSPS) is 11.9. The van der Waals surface area contributed by atoms with E-state index in [4.69, 9.17) is 9.84 Å². The summed E-state index contributed by atoms with van der Waals surface area (Å²) in [6.45, 7) is 3.50. The van der Waals surface area contributed by atoms with E-state index in [0.717, 1.165) is 19.3 Å². The van der Waals surface area contributed by atoms with Crippen molar-refractivity contribution in [2.24, 2.45) is 0 Å². The molecule has 0 aromatic carbocycles. The van der Waals surface area contributed by atoms with Gasteiger partial charge in [-0.2, -0.15) is 0 Å². The maximum atomic E-state index is 11.7. The highest BCUT2D eigenvalue weighted by Gasteiger charge is 2.22. The molecular formula is C23H42O5. The molecule has 1 N–H and O–H groups in total. The van der Waals surface area contributed by atoms with Gasteiger partial charge in [0, 0.05) is 6.42 Å². The van der Waals surface area contributed by atoms with Gasteiger partial charge in [0.05, 0.1) is 6.42 Å². The molecule has 0 unspecified atom stereocenters. The highest BCUT2D eigenvalue weighted by atomic mass is 16.5. The maximum absolute atomic E-state index is 11.7. The summed E-state index contributed by atoms with van der Waals surface area (Å²) < 4.78 is 4.97. The lowest BCUT2D eigenvalue weighted by Crippen LogP contribution is -2.28. The molecule has 0 saturated carbocycles. The molecule has 0 rings (SSSR count). The highest BCUT2D eigenvalue weighted by Crippen LogP contribution is 2.14. The minimum Gasteiger partial charge on any atom is -0.481 e. The topological polar surface area (TPSA) is 80.7 Å². The predicted octanol–water partition coefficient (Wildman–Crippen LogP) is 6.22. The molecule has 0 amide bonds. The number of esters is 1. The van der Waals surface area contributed by atoms with Crippen LogP contribution in [0.4, 0.5) is 0 Å². The van der Waals surface area contributed by atoms with Crippen LogP contribution in [-0.4, -0.2) is 28.9 Å². The summed E-state index contributed by atoms with van der Waals surface area (Å²) in [5.74, 6) is -2.04. The summed E-state index contributed by atoms with van der Waals surface area (Å²) in [4.78, 5) is 33.7. The molecule has 0 aliphatic carbocycles. The van der Waals surface area contributed by atoms with Gasteiger partial charge in [0.2, 0.25) is 0 Å². The Morgan fingerprint density at radius 1 is 0.714 bits per heavy atom. The third-order valence-electron chi connectivity index (χ3n) is 5.07. The number of carbonyl (C=O) groups excluding carboxylic acids is 2. The van der Waals surface area contributed by atoms with Crippen LogP contribution in [0.3, 0.4) is 0 Å². The van der Waals surface area contributed by atoms with Crippen LogP contribution in [0, 0.1) is 0 Å². The monoisotopic (exact) mass is 398 g/mol. The zero-order valence-electron chi connectivity index (χ0n) is 18.2. The van der Waals surface area contributed by atoms with E-state index >= 15 is 0 Å². The minimum absolute atomic E-state index is 0.252. The van der Waals surface area contributed by atoms with Crippen LogP contribution in [0.2, 0.25) is 0 Å². The Bertz CT molecular complexity index is 419. The molecule has 0 heterocycles. The number of aliphatic carboxylic acids is 1. The van der Waals surface area contributed by atoms with Crippen molar-refractivity contribution < 1.29 is 24.2 Å². The Balaban J connectivity index is 3.41. The maximum Gasteiger partial charge on any atom is 0.307 e. The fraction of sp³-hybridized carbons (Fsp3) is 0.870. The Kier molecular flexibility index (Phi) is 18.0. The fourth-order valence-electron chi connectivity index (χ4n) is 3.29. The number of ketones is 1. The molecule has 0 spiro atoms. The van der Waals surface area contributed by atoms with Crippen molar-refractivity contribution in [3.05, 3.63) is 0 Å². The van der Waals surface area contributed by atoms with Crippen molar-refractivity contribution in [3.8, 4) is 0 Å². The average Bonchev–Trinajstić information content (AvgIpc) is 2.64. The largest absolute Gasteiger partial charge is 0.481 e. The molecule has 164 valence electrons. The summed E-state index contributed by atoms with van der Waals surface area (Å²) in [6, 6.07) is 0. The molecule has 0 aliphatic heterocycles. The Morgan fingerprint density at radius 2 is 1.11 bits per heavy atom. The number of ether oxygens (including phenoxy) is 1. The number of carboxylic acids is 1. The standard InChI is InChI=1S/C23H42O5/c1-3-4-5-6-7-8-9-10-11-12-13-14-15-16-17-18-23(27)28-21(20(2)24)19-22(25)26/h21H,3-19H2,1-2H3,(H,25,26)/t21-/m0/s1. The summed E-state index contributed by atoms with van der Waals surface area (Å²) >= 11 is 0. The highest BCUT2D eigenvalue weighted by molar-refractivity contribution is 5.87. The number of carboxylic acid groups (broad SMARTS) is 1. The first kappa shape index (κ1) is 26.6. The van der Waals surface area contributed by atoms with Crippen LogP contribution in [0.5, 0.6) is 0 Å². The molecule has 0 aromatic heterocycles. The second-order valence-electron chi connectivity index (χ2n) is 7.89. The summed E-state index contributed by atoms with van der Waals surface area (Å²) in [5.41, 5.74) is 0. The van der Waals surface area contributed by atoms with E-state index in [-0.39, 0.29) is 6.42 Å². The Hall–Kier alpha value is -1.39. The first-order valence-electron chi connectivity index (χ1n) is 11.4. The van der Waals surface area contributed by atoms with Crippen LogP contribution >= 0.6 is 0 Å². The van der Waals surface area contributed by atoms with Crippen LogP contribution in [0.1, 0.15) is 123 Å². The number of rotatable bonds is 20. The third-order valence-corrected chi connectivity index (χ3v) is 5.07. The van der Waals surface area contributed by atoms with Gasteiger partial charge < -0.3 is 9.84 Å². The van der Waals surface area contributed by atoms with Crippen molar-refractivity contribution in [1.29, 1.82) is 0 Å². The van der Waals surface area contributed by atoms with E-state index < -0.39 is 30.2 Å². The van der Waals surface area contributed by atoms with Crippen molar-refractivity contribution in [1.82, 2.24) is 0 Å². The van der Waals surface area contributed by atoms with Crippen molar-refractivity contribution in [2.75, 3.05) is 0 Å². The zero-order chi connectivity index (χ0) is 21.0. The fourth-order valence-corrected chi connectivity index (χ4v) is 3.29. The number of hydrogen-bond acceptors (Lipinski definition) is 4. The molecule has 5 nitrogen and oxygen atoms in total. The van der Waals surface area contributed by atoms with Crippen LogP contribution in [0.15, 0.2) is 0 Å². The summed E-state index contributed by atoms with van der Waals surface area (Å²) in [7, 11) is 0.